The third-order valence-corrected chi connectivity index (χ3v) is 5.10. The van der Waals surface area contributed by atoms with Gasteiger partial charge in [0.25, 0.3) is 0 Å². The summed E-state index contributed by atoms with van der Waals surface area (Å²) in [5.74, 6) is 0.563. The van der Waals surface area contributed by atoms with E-state index >= 15 is 0 Å². The summed E-state index contributed by atoms with van der Waals surface area (Å²) in [6.07, 6.45) is 2.21. The van der Waals surface area contributed by atoms with Crippen LogP contribution in [-0.4, -0.2) is 54.0 Å². The van der Waals surface area contributed by atoms with E-state index in [0.29, 0.717) is 18.6 Å². The van der Waals surface area contributed by atoms with Crippen LogP contribution in [0.15, 0.2) is 30.3 Å². The predicted molar refractivity (Wildman–Crippen MR) is 91.0 cm³/mol. The molecule has 0 aromatic heterocycles. The monoisotopic (exact) mass is 316 g/mol. The van der Waals surface area contributed by atoms with Crippen LogP contribution >= 0.6 is 0 Å². The molecule has 0 saturated carbocycles. The Balaban J connectivity index is 1.37. The number of carbonyl (C=O) groups excluding carboxylic acids is 1. The van der Waals surface area contributed by atoms with Gasteiger partial charge in [-0.15, -0.1) is 0 Å². The molecule has 0 bridgehead atoms. The van der Waals surface area contributed by atoms with Gasteiger partial charge in [-0.2, -0.15) is 0 Å². The summed E-state index contributed by atoms with van der Waals surface area (Å²) in [5.41, 5.74) is 1.19. The highest BCUT2D eigenvalue weighted by molar-refractivity contribution is 5.79. The zero-order valence-electron chi connectivity index (χ0n) is 14.3. The molecule has 1 aromatic carbocycles. The molecular formula is C19H28N2O2. The van der Waals surface area contributed by atoms with Crippen molar-refractivity contribution in [1.29, 1.82) is 0 Å². The number of hydrogen-bond donors (Lipinski definition) is 0. The number of likely N-dealkylation sites (tertiary alicyclic amines) is 2. The summed E-state index contributed by atoms with van der Waals surface area (Å²) in [7, 11) is 0. The fourth-order valence-corrected chi connectivity index (χ4v) is 3.43. The fraction of sp³-hybridized carbons (Fsp3) is 0.632. The molecular weight excluding hydrogens is 288 g/mol. The standard InChI is InChI=1S/C19H28N2O2/c1-15(2)20-10-8-17(9-11-20)19(22)21-12-18(13-21)23-14-16-6-4-3-5-7-16/h3-7,15,17-18H,8-14H2,1-2H3. The van der Waals surface area contributed by atoms with E-state index in [1.54, 1.807) is 0 Å². The maximum atomic E-state index is 12.5. The first-order valence-electron chi connectivity index (χ1n) is 8.82. The summed E-state index contributed by atoms with van der Waals surface area (Å²) in [4.78, 5) is 17.0. The number of amides is 1. The molecule has 2 saturated heterocycles. The summed E-state index contributed by atoms with van der Waals surface area (Å²) < 4.78 is 5.88. The van der Waals surface area contributed by atoms with E-state index in [1.165, 1.54) is 5.56 Å². The van der Waals surface area contributed by atoms with Gasteiger partial charge >= 0.3 is 0 Å². The van der Waals surface area contributed by atoms with Crippen molar-refractivity contribution < 1.29 is 9.53 Å². The molecule has 2 heterocycles. The van der Waals surface area contributed by atoms with E-state index in [2.05, 4.69) is 30.9 Å². The van der Waals surface area contributed by atoms with Gasteiger partial charge in [-0.1, -0.05) is 30.3 Å². The van der Waals surface area contributed by atoms with E-state index in [4.69, 9.17) is 4.74 Å². The molecule has 0 unspecified atom stereocenters. The lowest BCUT2D eigenvalue weighted by molar-refractivity contribution is -0.151. The van der Waals surface area contributed by atoms with Crippen LogP contribution in [0, 0.1) is 5.92 Å². The second kappa shape index (κ2) is 7.45. The molecule has 2 aliphatic rings. The molecule has 0 spiro atoms. The van der Waals surface area contributed by atoms with Gasteiger partial charge in [-0.05, 0) is 45.3 Å². The van der Waals surface area contributed by atoms with Crippen molar-refractivity contribution in [2.75, 3.05) is 26.2 Å². The number of rotatable bonds is 5. The van der Waals surface area contributed by atoms with Crippen LogP contribution < -0.4 is 0 Å². The third kappa shape index (κ3) is 4.12. The largest absolute Gasteiger partial charge is 0.370 e. The Hall–Kier alpha value is -1.39. The predicted octanol–water partition coefficient (Wildman–Crippen LogP) is 2.53. The highest BCUT2D eigenvalue weighted by Gasteiger charge is 2.36. The summed E-state index contributed by atoms with van der Waals surface area (Å²) in [5, 5.41) is 0. The minimum Gasteiger partial charge on any atom is -0.370 e. The van der Waals surface area contributed by atoms with Gasteiger partial charge in [0.1, 0.15) is 0 Å². The van der Waals surface area contributed by atoms with Crippen molar-refractivity contribution in [3.8, 4) is 0 Å². The van der Waals surface area contributed by atoms with Crippen molar-refractivity contribution in [2.45, 2.75) is 45.4 Å². The Kier molecular flexibility index (Phi) is 5.34. The topological polar surface area (TPSA) is 32.8 Å². The van der Waals surface area contributed by atoms with Crippen LogP contribution in [0.2, 0.25) is 0 Å². The van der Waals surface area contributed by atoms with Gasteiger partial charge in [-0.3, -0.25) is 4.79 Å². The zero-order chi connectivity index (χ0) is 16.2. The molecule has 2 aliphatic heterocycles. The highest BCUT2D eigenvalue weighted by Crippen LogP contribution is 2.24. The van der Waals surface area contributed by atoms with E-state index in [9.17, 15) is 4.79 Å². The van der Waals surface area contributed by atoms with Crippen LogP contribution in [0.5, 0.6) is 0 Å². The highest BCUT2D eigenvalue weighted by atomic mass is 16.5. The fourth-order valence-electron chi connectivity index (χ4n) is 3.43. The normalized spacial score (nSPS) is 20.7. The number of nitrogens with zero attached hydrogens (tertiary/aromatic N) is 2. The first kappa shape index (κ1) is 16.5. The first-order valence-corrected chi connectivity index (χ1v) is 8.82. The lowest BCUT2D eigenvalue weighted by atomic mass is 9.93. The molecule has 0 atom stereocenters. The number of ether oxygens (including phenoxy) is 1. The lowest BCUT2D eigenvalue weighted by Crippen LogP contribution is -2.57. The maximum Gasteiger partial charge on any atom is 0.225 e. The van der Waals surface area contributed by atoms with Crippen molar-refractivity contribution in [1.82, 2.24) is 9.80 Å². The number of benzene rings is 1. The Labute approximate surface area is 139 Å². The third-order valence-electron chi connectivity index (χ3n) is 5.10. The van der Waals surface area contributed by atoms with Crippen molar-refractivity contribution in [2.24, 2.45) is 5.92 Å². The van der Waals surface area contributed by atoms with Crippen LogP contribution in [-0.2, 0) is 16.1 Å². The molecule has 3 rings (SSSR count). The molecule has 2 fully saturated rings. The second-order valence-electron chi connectivity index (χ2n) is 7.07. The molecule has 1 aromatic rings. The van der Waals surface area contributed by atoms with Gasteiger partial charge < -0.3 is 14.5 Å². The lowest BCUT2D eigenvalue weighted by Gasteiger charge is -2.42. The smallest absolute Gasteiger partial charge is 0.225 e. The molecule has 0 N–H and O–H groups in total. The Morgan fingerprint density at radius 1 is 1.17 bits per heavy atom. The molecule has 0 aliphatic carbocycles. The van der Waals surface area contributed by atoms with Gasteiger partial charge in [0.15, 0.2) is 0 Å². The molecule has 23 heavy (non-hydrogen) atoms. The Morgan fingerprint density at radius 2 is 1.83 bits per heavy atom. The molecule has 4 nitrogen and oxygen atoms in total. The quantitative estimate of drug-likeness (QED) is 0.837. The SMILES string of the molecule is CC(C)N1CCC(C(=O)N2CC(OCc3ccccc3)C2)CC1. The van der Waals surface area contributed by atoms with Crippen LogP contribution in [0.4, 0.5) is 0 Å². The van der Waals surface area contributed by atoms with Gasteiger partial charge in [0.2, 0.25) is 5.91 Å². The van der Waals surface area contributed by atoms with Crippen LogP contribution in [0.1, 0.15) is 32.3 Å². The molecule has 1 amide bonds. The van der Waals surface area contributed by atoms with E-state index in [-0.39, 0.29) is 12.0 Å². The first-order chi connectivity index (χ1) is 11.1. The van der Waals surface area contributed by atoms with Crippen LogP contribution in [0.25, 0.3) is 0 Å². The minimum atomic E-state index is 0.204. The molecule has 4 heteroatoms. The van der Waals surface area contributed by atoms with E-state index in [0.717, 1.165) is 39.0 Å². The second-order valence-corrected chi connectivity index (χ2v) is 7.07. The summed E-state index contributed by atoms with van der Waals surface area (Å²) in [6.45, 7) is 8.72. The summed E-state index contributed by atoms with van der Waals surface area (Å²) in [6, 6.07) is 10.8. The van der Waals surface area contributed by atoms with Crippen molar-refractivity contribution in [3.05, 3.63) is 35.9 Å². The Morgan fingerprint density at radius 3 is 2.43 bits per heavy atom. The van der Waals surface area contributed by atoms with E-state index in [1.807, 2.05) is 23.1 Å². The van der Waals surface area contributed by atoms with Gasteiger partial charge in [0.05, 0.1) is 12.7 Å². The average molecular weight is 316 g/mol. The summed E-state index contributed by atoms with van der Waals surface area (Å²) >= 11 is 0. The van der Waals surface area contributed by atoms with Crippen LogP contribution in [0.3, 0.4) is 0 Å². The van der Waals surface area contributed by atoms with Gasteiger partial charge in [-0.25, -0.2) is 0 Å². The van der Waals surface area contributed by atoms with E-state index < -0.39 is 0 Å². The van der Waals surface area contributed by atoms with Crippen molar-refractivity contribution in [3.63, 3.8) is 0 Å². The van der Waals surface area contributed by atoms with Crippen molar-refractivity contribution >= 4 is 5.91 Å². The number of carbonyl (C=O) groups is 1. The van der Waals surface area contributed by atoms with Gasteiger partial charge in [0, 0.05) is 25.0 Å². The molecule has 0 radical (unpaired) electrons. The minimum absolute atomic E-state index is 0.204. The number of hydrogen-bond acceptors (Lipinski definition) is 3. The average Bonchev–Trinajstić information content (AvgIpc) is 2.54. The zero-order valence-corrected chi connectivity index (χ0v) is 14.3. The Bertz CT molecular complexity index is 503. The maximum absolute atomic E-state index is 12.5. The number of piperidine rings is 1. The molecule has 126 valence electrons.